The number of hydrogen-bond acceptors (Lipinski definition) is 3. The fourth-order valence-corrected chi connectivity index (χ4v) is 1.71. The van der Waals surface area contributed by atoms with Gasteiger partial charge in [-0.1, -0.05) is 48.5 Å². The minimum absolute atomic E-state index is 0.199. The fraction of sp³-hybridized carbons (Fsp3) is 0.385. The monoisotopic (exact) mass is 261 g/mol. The lowest BCUT2D eigenvalue weighted by Gasteiger charge is -2.06. The topological polar surface area (TPSA) is 104 Å². The first-order chi connectivity index (χ1) is 9.01. The highest BCUT2D eigenvalue weighted by Crippen LogP contribution is 2.10. The third-order valence-corrected chi connectivity index (χ3v) is 2.45. The van der Waals surface area contributed by atoms with Crippen LogP contribution in [-0.4, -0.2) is 11.9 Å². The molecule has 1 rings (SSSR count). The van der Waals surface area contributed by atoms with Crippen LogP contribution < -0.4 is 11.2 Å². The number of guanidine groups is 1. The van der Waals surface area contributed by atoms with Crippen LogP contribution in [0, 0.1) is 11.3 Å². The number of nitrogens with zero attached hydrogens (tertiary/aromatic N) is 2. The second-order valence-electron chi connectivity index (χ2n) is 4.70. The Labute approximate surface area is 112 Å². The zero-order valence-corrected chi connectivity index (χ0v) is 11.2. The molecule has 19 heavy (non-hydrogen) atoms. The van der Waals surface area contributed by atoms with Crippen LogP contribution in [0.4, 0.5) is 0 Å². The largest absolute Gasteiger partial charge is 0.304 e. The lowest BCUT2D eigenvalue weighted by atomic mass is 10.0. The highest BCUT2D eigenvalue weighted by atomic mass is 16.1. The smallest absolute Gasteiger partial charge is 0.243 e. The third kappa shape index (κ3) is 5.76. The maximum atomic E-state index is 11.6. The van der Waals surface area contributed by atoms with Crippen molar-refractivity contribution in [2.24, 2.45) is 22.1 Å². The predicted octanol–water partition coefficient (Wildman–Crippen LogP) is 1.80. The average Bonchev–Trinajstić information content (AvgIpc) is 2.31. The molecule has 0 heterocycles. The van der Waals surface area contributed by atoms with E-state index in [-0.39, 0.29) is 18.3 Å². The predicted molar refractivity (Wildman–Crippen MR) is 73.6 cm³/mol. The van der Waals surface area contributed by atoms with Crippen molar-refractivity contribution in [1.29, 1.82) is 5.41 Å². The first kappa shape index (κ1) is 14.8. The molecule has 1 amide bonds. The van der Waals surface area contributed by atoms with Crippen LogP contribution >= 0.6 is 0 Å². The highest BCUT2D eigenvalue weighted by molar-refractivity contribution is 5.96. The number of carbonyl (C=O) groups excluding carboxylic acids is 1. The summed E-state index contributed by atoms with van der Waals surface area (Å²) >= 11 is 0. The van der Waals surface area contributed by atoms with Gasteiger partial charge < -0.3 is 5.84 Å². The molecule has 102 valence electrons. The molecule has 0 spiro atoms. The van der Waals surface area contributed by atoms with Crippen LogP contribution in [0.25, 0.3) is 0 Å². The number of rotatable bonds is 4. The second-order valence-corrected chi connectivity index (χ2v) is 4.70. The zero-order chi connectivity index (χ0) is 14.3. The Morgan fingerprint density at radius 2 is 1.89 bits per heavy atom. The van der Waals surface area contributed by atoms with Crippen molar-refractivity contribution < 1.29 is 4.79 Å². The van der Waals surface area contributed by atoms with Crippen LogP contribution in [0.15, 0.2) is 34.6 Å². The number of benzene rings is 1. The van der Waals surface area contributed by atoms with Crippen LogP contribution in [0.5, 0.6) is 0 Å². The number of nitrogens with two attached hydrogens (primary N) is 1. The van der Waals surface area contributed by atoms with E-state index in [4.69, 9.17) is 11.3 Å². The molecule has 0 unspecified atom stereocenters. The van der Waals surface area contributed by atoms with Crippen molar-refractivity contribution in [2.45, 2.75) is 26.7 Å². The summed E-state index contributed by atoms with van der Waals surface area (Å²) in [7, 11) is 0. The maximum Gasteiger partial charge on any atom is 0.243 e. The molecule has 6 heteroatoms. The number of hydrogen-bond donors (Lipinski definition) is 3. The molecule has 0 fully saturated rings. The normalized spacial score (nSPS) is 10.9. The van der Waals surface area contributed by atoms with E-state index < -0.39 is 0 Å². The van der Waals surface area contributed by atoms with E-state index in [2.05, 4.69) is 29.5 Å². The summed E-state index contributed by atoms with van der Waals surface area (Å²) in [5.41, 5.74) is 2.14. The molecule has 0 bridgehead atoms. The molecule has 0 atom stereocenters. The Bertz CT molecular complexity index is 464. The maximum absolute atomic E-state index is 11.6. The van der Waals surface area contributed by atoms with E-state index in [1.54, 1.807) is 0 Å². The third-order valence-electron chi connectivity index (χ3n) is 2.45. The molecule has 0 aliphatic rings. The van der Waals surface area contributed by atoms with E-state index in [0.717, 1.165) is 12.0 Å². The SMILES string of the molecule is CC(C)Cc1ccc(CC(=O)NC(=N)N=NN)cc1. The van der Waals surface area contributed by atoms with Crippen molar-refractivity contribution in [1.82, 2.24) is 5.32 Å². The molecule has 0 aliphatic carbocycles. The van der Waals surface area contributed by atoms with E-state index in [0.29, 0.717) is 5.92 Å². The van der Waals surface area contributed by atoms with Gasteiger partial charge in [0, 0.05) is 0 Å². The molecule has 0 aromatic heterocycles. The Morgan fingerprint density at radius 1 is 1.32 bits per heavy atom. The van der Waals surface area contributed by atoms with Crippen molar-refractivity contribution in [3.8, 4) is 0 Å². The van der Waals surface area contributed by atoms with Crippen LogP contribution in [-0.2, 0) is 17.6 Å². The molecule has 1 aromatic rings. The summed E-state index contributed by atoms with van der Waals surface area (Å²) in [5.74, 6) is 4.72. The van der Waals surface area contributed by atoms with Gasteiger partial charge in [-0.15, -0.1) is 0 Å². The Morgan fingerprint density at radius 3 is 2.42 bits per heavy atom. The van der Waals surface area contributed by atoms with Crippen LogP contribution in [0.2, 0.25) is 0 Å². The second kappa shape index (κ2) is 7.25. The molecule has 0 radical (unpaired) electrons. The average molecular weight is 261 g/mol. The van der Waals surface area contributed by atoms with Gasteiger partial charge in [0.2, 0.25) is 11.9 Å². The minimum Gasteiger partial charge on any atom is -0.304 e. The van der Waals surface area contributed by atoms with Gasteiger partial charge in [0.15, 0.2) is 0 Å². The number of amides is 1. The van der Waals surface area contributed by atoms with Crippen LogP contribution in [0.1, 0.15) is 25.0 Å². The molecule has 0 aliphatic heterocycles. The summed E-state index contributed by atoms with van der Waals surface area (Å²) in [5, 5.41) is 15.6. The fourth-order valence-electron chi connectivity index (χ4n) is 1.71. The van der Waals surface area contributed by atoms with E-state index in [1.165, 1.54) is 5.56 Å². The van der Waals surface area contributed by atoms with Gasteiger partial charge in [0.25, 0.3) is 0 Å². The van der Waals surface area contributed by atoms with Crippen molar-refractivity contribution in [3.63, 3.8) is 0 Å². The van der Waals surface area contributed by atoms with Gasteiger partial charge in [-0.05, 0) is 23.5 Å². The quantitative estimate of drug-likeness (QED) is 0.253. The van der Waals surface area contributed by atoms with E-state index in [9.17, 15) is 4.79 Å². The van der Waals surface area contributed by atoms with Gasteiger partial charge >= 0.3 is 0 Å². The Balaban J connectivity index is 2.53. The first-order valence-electron chi connectivity index (χ1n) is 6.08. The molecular weight excluding hydrogens is 242 g/mol. The van der Waals surface area contributed by atoms with Crippen molar-refractivity contribution in [3.05, 3.63) is 35.4 Å². The van der Waals surface area contributed by atoms with E-state index in [1.807, 2.05) is 24.3 Å². The van der Waals surface area contributed by atoms with Crippen molar-refractivity contribution in [2.75, 3.05) is 0 Å². The first-order valence-corrected chi connectivity index (χ1v) is 6.08. The van der Waals surface area contributed by atoms with E-state index >= 15 is 0 Å². The molecule has 0 saturated carbocycles. The van der Waals surface area contributed by atoms with Gasteiger partial charge in [-0.2, -0.15) is 0 Å². The van der Waals surface area contributed by atoms with Gasteiger partial charge in [0.1, 0.15) is 0 Å². The summed E-state index contributed by atoms with van der Waals surface area (Å²) in [6, 6.07) is 7.89. The Kier molecular flexibility index (Phi) is 5.66. The minimum atomic E-state index is -0.357. The number of carbonyl (C=O) groups is 1. The van der Waals surface area contributed by atoms with Crippen molar-refractivity contribution >= 4 is 11.9 Å². The zero-order valence-electron chi connectivity index (χ0n) is 11.2. The standard InChI is InChI=1S/C13H19N5O/c1-9(2)7-10-3-5-11(6-4-10)8-12(19)16-13(14)17-18-15/h3-6,9H,7-8H2,1-2H3,(H4,14,15,16,17,19). The molecular formula is C13H19N5O. The van der Waals surface area contributed by atoms with Crippen LogP contribution in [0.3, 0.4) is 0 Å². The summed E-state index contributed by atoms with van der Waals surface area (Å²) < 4.78 is 0. The van der Waals surface area contributed by atoms with Gasteiger partial charge in [-0.25, -0.2) is 0 Å². The lowest BCUT2D eigenvalue weighted by molar-refractivity contribution is -0.119. The Hall–Kier alpha value is -2.24. The molecule has 1 aromatic carbocycles. The van der Waals surface area contributed by atoms with Gasteiger partial charge in [0.05, 0.1) is 6.42 Å². The number of nitrogens with one attached hydrogen (secondary N) is 2. The summed E-state index contributed by atoms with van der Waals surface area (Å²) in [4.78, 5) is 11.6. The summed E-state index contributed by atoms with van der Waals surface area (Å²) in [6.07, 6.45) is 1.22. The summed E-state index contributed by atoms with van der Waals surface area (Å²) in [6.45, 7) is 4.33. The molecule has 6 nitrogen and oxygen atoms in total. The van der Waals surface area contributed by atoms with Gasteiger partial charge in [-0.3, -0.25) is 15.5 Å². The highest BCUT2D eigenvalue weighted by Gasteiger charge is 2.06. The molecule has 4 N–H and O–H groups in total. The lowest BCUT2D eigenvalue weighted by Crippen LogP contribution is -2.29. The molecule has 0 saturated heterocycles.